The first-order chi connectivity index (χ1) is 12.6. The highest BCUT2D eigenvalue weighted by molar-refractivity contribution is 7.86. The molecule has 3 rings (SSSR count). The monoisotopic (exact) mass is 417 g/mol. The van der Waals surface area contributed by atoms with Gasteiger partial charge in [-0.3, -0.25) is 9.54 Å². The van der Waals surface area contributed by atoms with Gasteiger partial charge in [-0.1, -0.05) is 35.9 Å². The quantitative estimate of drug-likeness (QED) is 0.404. The van der Waals surface area contributed by atoms with E-state index in [1.165, 1.54) is 30.5 Å². The van der Waals surface area contributed by atoms with Crippen molar-refractivity contribution in [3.05, 3.63) is 60.4 Å². The van der Waals surface area contributed by atoms with Gasteiger partial charge in [0, 0.05) is 6.20 Å². The van der Waals surface area contributed by atoms with Crippen LogP contribution in [0, 0.1) is 0 Å². The number of aliphatic hydroxyl groups is 3. The summed E-state index contributed by atoms with van der Waals surface area (Å²) in [5.74, 6) is 0.121. The van der Waals surface area contributed by atoms with Crippen LogP contribution >= 0.6 is 11.6 Å². The summed E-state index contributed by atoms with van der Waals surface area (Å²) in [5.41, 5.74) is -0.437. The molecule has 0 bridgehead atoms. The minimum atomic E-state index is -5.24. The smallest absolute Gasteiger partial charge is 0.304 e. The van der Waals surface area contributed by atoms with Crippen molar-refractivity contribution in [1.82, 2.24) is 4.98 Å². The highest BCUT2D eigenvalue weighted by Crippen LogP contribution is 2.46. The minimum absolute atomic E-state index is 0.121. The van der Waals surface area contributed by atoms with Crippen LogP contribution in [0.3, 0.4) is 0 Å². The number of hydrogen-bond donors (Lipinski definition) is 4. The first-order valence-corrected chi connectivity index (χ1v) is 9.48. The Balaban J connectivity index is 2.14. The summed E-state index contributed by atoms with van der Waals surface area (Å²) in [6, 6.07) is 11.8. The van der Waals surface area contributed by atoms with E-state index in [0.29, 0.717) is 0 Å². The summed E-state index contributed by atoms with van der Waals surface area (Å²) < 4.78 is 45.0. The highest BCUT2D eigenvalue weighted by Gasteiger charge is 2.68. The molecule has 0 aliphatic carbocycles. The van der Waals surface area contributed by atoms with E-state index in [4.69, 9.17) is 21.1 Å². The van der Waals surface area contributed by atoms with E-state index in [-0.39, 0.29) is 5.75 Å². The molecule has 1 aliphatic heterocycles. The summed E-state index contributed by atoms with van der Waals surface area (Å²) in [6.07, 6.45) is -5.48. The number of rotatable bonds is 4. The molecule has 0 saturated carbocycles. The molecule has 1 aliphatic rings. The van der Waals surface area contributed by atoms with Gasteiger partial charge in [0.25, 0.3) is 4.93 Å². The lowest BCUT2D eigenvalue weighted by molar-refractivity contribution is -0.307. The fourth-order valence-electron chi connectivity index (χ4n) is 2.74. The van der Waals surface area contributed by atoms with Gasteiger partial charge in [0.05, 0.1) is 5.69 Å². The van der Waals surface area contributed by atoms with Crippen LogP contribution in [0.1, 0.15) is 5.69 Å². The zero-order valence-corrected chi connectivity index (χ0v) is 15.2. The second-order valence-electron chi connectivity index (χ2n) is 5.86. The van der Waals surface area contributed by atoms with Crippen LogP contribution < -0.4 is 4.74 Å². The molecule has 2 heterocycles. The largest absolute Gasteiger partial charge is 0.460 e. The number of alkyl halides is 1. The molecule has 1 unspecified atom stereocenters. The van der Waals surface area contributed by atoms with Gasteiger partial charge in [0.15, 0.2) is 0 Å². The van der Waals surface area contributed by atoms with Crippen molar-refractivity contribution in [3.8, 4) is 5.75 Å². The maximum Gasteiger partial charge on any atom is 0.304 e. The van der Waals surface area contributed by atoms with Crippen molar-refractivity contribution >= 4 is 21.7 Å². The lowest BCUT2D eigenvalue weighted by atomic mass is 9.95. The molecule has 0 amide bonds. The molecule has 1 aromatic heterocycles. The van der Waals surface area contributed by atoms with Gasteiger partial charge < -0.3 is 24.8 Å². The molecule has 9 nitrogen and oxygen atoms in total. The number of pyridine rings is 1. The Kier molecular flexibility index (Phi) is 5.16. The van der Waals surface area contributed by atoms with Crippen LogP contribution in [0.2, 0.25) is 0 Å². The second-order valence-corrected chi connectivity index (χ2v) is 8.02. The number of hydrogen-bond acceptors (Lipinski definition) is 8. The molecule has 146 valence electrons. The Morgan fingerprint density at radius 3 is 2.26 bits per heavy atom. The number of aliphatic hydroxyl groups excluding tert-OH is 2. The van der Waals surface area contributed by atoms with Crippen LogP contribution in [0.25, 0.3) is 0 Å². The molecule has 11 heteroatoms. The summed E-state index contributed by atoms with van der Waals surface area (Å²) in [5, 5.41) is 28.4. The van der Waals surface area contributed by atoms with Crippen molar-refractivity contribution in [1.29, 1.82) is 0 Å². The van der Waals surface area contributed by atoms with E-state index >= 15 is 0 Å². The Morgan fingerprint density at radius 2 is 1.70 bits per heavy atom. The summed E-state index contributed by atoms with van der Waals surface area (Å²) in [7, 11) is -5.24. The van der Waals surface area contributed by atoms with Crippen molar-refractivity contribution in [3.63, 3.8) is 0 Å². The average Bonchev–Trinajstić information content (AvgIpc) is 2.63. The van der Waals surface area contributed by atoms with Gasteiger partial charge in [0.1, 0.15) is 18.0 Å². The molecule has 1 fully saturated rings. The topological polar surface area (TPSA) is 146 Å². The van der Waals surface area contributed by atoms with Crippen LogP contribution in [0.4, 0.5) is 0 Å². The van der Waals surface area contributed by atoms with Crippen molar-refractivity contribution in [2.24, 2.45) is 0 Å². The first kappa shape index (κ1) is 20.0. The normalized spacial score (nSPS) is 34.2. The fraction of sp³-hybridized carbons (Fsp3) is 0.312. The van der Waals surface area contributed by atoms with Crippen LogP contribution in [-0.2, 0) is 19.8 Å². The summed E-state index contributed by atoms with van der Waals surface area (Å²) >= 11 is 5.90. The Bertz CT molecular complexity index is 895. The number of para-hydroxylation sites is 1. The lowest BCUT2D eigenvalue weighted by Crippen LogP contribution is -2.70. The van der Waals surface area contributed by atoms with Gasteiger partial charge >= 0.3 is 10.1 Å². The predicted octanol–water partition coefficient (Wildman–Crippen LogP) is 0.207. The van der Waals surface area contributed by atoms with Crippen molar-refractivity contribution in [2.45, 2.75) is 28.5 Å². The fourth-order valence-corrected chi connectivity index (χ4v) is 3.97. The van der Waals surface area contributed by atoms with Gasteiger partial charge in [-0.15, -0.1) is 0 Å². The maximum absolute atomic E-state index is 12.2. The number of aromatic nitrogens is 1. The third-order valence-electron chi connectivity index (χ3n) is 4.11. The zero-order valence-electron chi connectivity index (χ0n) is 13.6. The standard InChI is InChI=1S/C16H16ClNO8S/c17-15(21)12(19)13(20)16(27(22,23)24,11-8-4-5-9-18-11)26-14(15)25-10-6-2-1-3-7-10/h1-9,12-14,19-21H,(H,22,23,24)/t12-,13-,14+,15+,16?/m1/s1. The van der Waals surface area contributed by atoms with E-state index < -0.39 is 44.3 Å². The number of benzene rings is 1. The summed E-state index contributed by atoms with van der Waals surface area (Å²) in [4.78, 5) is 0.849. The molecule has 5 atom stereocenters. The number of nitrogens with zero attached hydrogens (tertiary/aromatic N) is 1. The molecular weight excluding hydrogens is 402 g/mol. The van der Waals surface area contributed by atoms with E-state index in [9.17, 15) is 28.3 Å². The molecule has 1 aromatic carbocycles. The minimum Gasteiger partial charge on any atom is -0.460 e. The Labute approximate surface area is 159 Å². The average molecular weight is 418 g/mol. The Hall–Kier alpha value is -1.79. The molecule has 0 spiro atoms. The molecule has 0 radical (unpaired) electrons. The van der Waals surface area contributed by atoms with E-state index in [2.05, 4.69) is 4.98 Å². The molecule has 1 saturated heterocycles. The van der Waals surface area contributed by atoms with Gasteiger partial charge in [0.2, 0.25) is 11.4 Å². The van der Waals surface area contributed by atoms with Crippen molar-refractivity contribution < 1.29 is 37.8 Å². The Morgan fingerprint density at radius 1 is 1.07 bits per heavy atom. The highest BCUT2D eigenvalue weighted by atomic mass is 35.5. The van der Waals surface area contributed by atoms with Gasteiger partial charge in [-0.2, -0.15) is 8.42 Å². The molecule has 27 heavy (non-hydrogen) atoms. The van der Waals surface area contributed by atoms with Gasteiger partial charge in [-0.05, 0) is 24.3 Å². The SMILES string of the molecule is O=S(=O)(O)C1(c2ccccn2)O[C@H](Oc2ccccc2)[C@](O)(Cl)[C@H](O)[C@H]1O. The van der Waals surface area contributed by atoms with E-state index in [0.717, 1.165) is 6.07 Å². The van der Waals surface area contributed by atoms with Gasteiger partial charge in [-0.25, -0.2) is 0 Å². The second kappa shape index (κ2) is 6.99. The maximum atomic E-state index is 12.2. The zero-order chi connectivity index (χ0) is 19.9. The van der Waals surface area contributed by atoms with Crippen molar-refractivity contribution in [2.75, 3.05) is 0 Å². The third-order valence-corrected chi connectivity index (χ3v) is 5.82. The third kappa shape index (κ3) is 3.29. The molecule has 2 aromatic rings. The van der Waals surface area contributed by atoms with E-state index in [1.54, 1.807) is 18.2 Å². The number of halogens is 1. The van der Waals surface area contributed by atoms with E-state index in [1.807, 2.05) is 0 Å². The molecule has 4 N–H and O–H groups in total. The summed E-state index contributed by atoms with van der Waals surface area (Å²) in [6.45, 7) is 0. The lowest BCUT2D eigenvalue weighted by Gasteiger charge is -2.48. The van der Waals surface area contributed by atoms with Crippen LogP contribution in [-0.4, -0.2) is 56.8 Å². The molecular formula is C16H16ClNO8S. The number of ether oxygens (including phenoxy) is 2. The van der Waals surface area contributed by atoms with Crippen LogP contribution in [0.5, 0.6) is 5.75 Å². The predicted molar refractivity (Wildman–Crippen MR) is 92.2 cm³/mol. The van der Waals surface area contributed by atoms with Crippen LogP contribution in [0.15, 0.2) is 54.7 Å². The first-order valence-electron chi connectivity index (χ1n) is 7.66.